The van der Waals surface area contributed by atoms with E-state index in [0.717, 1.165) is 71.9 Å². The molecule has 6 heteroatoms. The molecule has 8 aromatic rings. The third-order valence-corrected chi connectivity index (χ3v) is 11.0. The number of anilines is 6. The Labute approximate surface area is 362 Å². The highest BCUT2D eigenvalue weighted by Crippen LogP contribution is 2.39. The normalized spacial score (nSPS) is 11.1. The van der Waals surface area contributed by atoms with Gasteiger partial charge < -0.3 is 19.3 Å². The van der Waals surface area contributed by atoms with Crippen molar-refractivity contribution < 1.29 is 14.3 Å². The third kappa shape index (κ3) is 10.6. The molecule has 0 heterocycles. The lowest BCUT2D eigenvalue weighted by atomic mass is 10.1. The van der Waals surface area contributed by atoms with Gasteiger partial charge in [0.2, 0.25) is 0 Å². The van der Waals surface area contributed by atoms with Crippen LogP contribution in [0.4, 0.5) is 34.1 Å². The van der Waals surface area contributed by atoms with E-state index in [0.29, 0.717) is 5.75 Å². The molecule has 0 N–H and O–H groups in total. The number of esters is 1. The minimum Gasteiger partial charge on any atom is -0.497 e. The first kappa shape index (κ1) is 40.2. The van der Waals surface area contributed by atoms with Crippen LogP contribution in [0.5, 0.6) is 11.5 Å². The molecule has 0 atom stereocenters. The van der Waals surface area contributed by atoms with E-state index < -0.39 is 0 Å². The molecule has 0 radical (unpaired) electrons. The van der Waals surface area contributed by atoms with Crippen molar-refractivity contribution in [3.05, 3.63) is 229 Å². The van der Waals surface area contributed by atoms with Crippen LogP contribution in [0.1, 0.15) is 29.2 Å². The zero-order chi connectivity index (χ0) is 41.8. The zero-order valence-electron chi connectivity index (χ0n) is 34.0. The molecular weight excluding hydrogens is 769 g/mol. The van der Waals surface area contributed by atoms with Gasteiger partial charge in [0, 0.05) is 50.8 Å². The Hall–Kier alpha value is -7.54. The highest BCUT2D eigenvalue weighted by Gasteiger charge is 2.14. The van der Waals surface area contributed by atoms with Crippen LogP contribution in [0, 0.1) is 0 Å². The van der Waals surface area contributed by atoms with Gasteiger partial charge in [0.1, 0.15) is 11.5 Å². The van der Waals surface area contributed by atoms with Gasteiger partial charge in [-0.1, -0.05) is 121 Å². The maximum Gasteiger partial charge on any atom is 0.308 e. The molecule has 0 aliphatic carbocycles. The Morgan fingerprint density at radius 2 is 0.689 bits per heavy atom. The number of hydrogen-bond acceptors (Lipinski definition) is 6. The fourth-order valence-electron chi connectivity index (χ4n) is 6.89. The molecular formula is C55H44N2O3S. The van der Waals surface area contributed by atoms with Crippen molar-refractivity contribution in [1.29, 1.82) is 0 Å². The van der Waals surface area contributed by atoms with E-state index in [1.54, 1.807) is 31.0 Å². The van der Waals surface area contributed by atoms with Crippen molar-refractivity contribution in [3.8, 4) is 11.5 Å². The molecule has 298 valence electrons. The molecule has 8 aromatic carbocycles. The van der Waals surface area contributed by atoms with E-state index in [-0.39, 0.29) is 5.97 Å². The first-order valence-corrected chi connectivity index (χ1v) is 20.9. The summed E-state index contributed by atoms with van der Waals surface area (Å²) in [6, 6.07) is 71.2. The standard InChI is InChI=1S/C55H44N2O3S/c1-41(58)60-53-35-23-45(24-36-53)16-14-43-19-27-49(28-20-43)57(47-11-7-4-8-12-47)51-31-39-55(40-32-51)61-54-37-29-50(30-38-54)56(46-9-5-3-6-10-46)48-25-17-42(18-26-48)13-15-44-21-33-52(59-2)34-22-44/h3-40H,1-2H3/b15-13+,16-14+. The van der Waals surface area contributed by atoms with Crippen molar-refractivity contribution in [3.63, 3.8) is 0 Å². The quantitative estimate of drug-likeness (QED) is 0.0619. The summed E-state index contributed by atoms with van der Waals surface area (Å²) in [4.78, 5) is 18.1. The average Bonchev–Trinajstić information content (AvgIpc) is 3.31. The lowest BCUT2D eigenvalue weighted by molar-refractivity contribution is -0.131. The molecule has 0 fully saturated rings. The Bertz CT molecular complexity index is 2700. The number of hydrogen-bond donors (Lipinski definition) is 0. The molecule has 0 bridgehead atoms. The fourth-order valence-corrected chi connectivity index (χ4v) is 7.71. The summed E-state index contributed by atoms with van der Waals surface area (Å²) in [6.07, 6.45) is 8.38. The number of nitrogens with zero attached hydrogens (tertiary/aromatic N) is 2. The first-order chi connectivity index (χ1) is 30.0. The lowest BCUT2D eigenvalue weighted by Gasteiger charge is -2.26. The molecule has 0 unspecified atom stereocenters. The van der Waals surface area contributed by atoms with Gasteiger partial charge in [-0.15, -0.1) is 0 Å². The summed E-state index contributed by atoms with van der Waals surface area (Å²) < 4.78 is 10.4. The molecule has 0 aliphatic rings. The Morgan fingerprint density at radius 1 is 0.393 bits per heavy atom. The number of carbonyl (C=O) groups excluding carboxylic acids is 1. The second-order valence-corrected chi connectivity index (χ2v) is 15.4. The predicted octanol–water partition coefficient (Wildman–Crippen LogP) is 15.1. The van der Waals surface area contributed by atoms with Gasteiger partial charge in [0.15, 0.2) is 0 Å². The Kier molecular flexibility index (Phi) is 12.8. The summed E-state index contributed by atoms with van der Waals surface area (Å²) >= 11 is 1.75. The van der Waals surface area contributed by atoms with Gasteiger partial charge in [-0.25, -0.2) is 0 Å². The summed E-state index contributed by atoms with van der Waals surface area (Å²) in [7, 11) is 1.68. The molecule has 0 saturated heterocycles. The molecule has 0 aromatic heterocycles. The van der Waals surface area contributed by atoms with Crippen molar-refractivity contribution >= 4 is 76.2 Å². The molecule has 61 heavy (non-hydrogen) atoms. The topological polar surface area (TPSA) is 42.0 Å². The minimum absolute atomic E-state index is 0.328. The number of rotatable bonds is 14. The van der Waals surface area contributed by atoms with E-state index >= 15 is 0 Å². The van der Waals surface area contributed by atoms with Crippen molar-refractivity contribution in [1.82, 2.24) is 0 Å². The monoisotopic (exact) mass is 812 g/mol. The first-order valence-electron chi connectivity index (χ1n) is 20.0. The summed E-state index contributed by atoms with van der Waals surface area (Å²) in [6.45, 7) is 1.40. The predicted molar refractivity (Wildman–Crippen MR) is 255 cm³/mol. The lowest BCUT2D eigenvalue weighted by Crippen LogP contribution is -2.09. The largest absolute Gasteiger partial charge is 0.497 e. The number of carbonyl (C=O) groups is 1. The molecule has 0 aliphatic heterocycles. The van der Waals surface area contributed by atoms with E-state index in [4.69, 9.17) is 9.47 Å². The van der Waals surface area contributed by atoms with Crippen LogP contribution in [0.3, 0.4) is 0 Å². The van der Waals surface area contributed by atoms with Gasteiger partial charge >= 0.3 is 5.97 Å². The second-order valence-electron chi connectivity index (χ2n) is 14.2. The van der Waals surface area contributed by atoms with E-state index in [2.05, 4.69) is 186 Å². The molecule has 0 saturated carbocycles. The summed E-state index contributed by atoms with van der Waals surface area (Å²) in [5.74, 6) is 1.06. The number of ether oxygens (including phenoxy) is 2. The van der Waals surface area contributed by atoms with Crippen LogP contribution in [0.25, 0.3) is 24.3 Å². The molecule has 0 spiro atoms. The van der Waals surface area contributed by atoms with Crippen LogP contribution < -0.4 is 19.3 Å². The number of benzene rings is 8. The summed E-state index contributed by atoms with van der Waals surface area (Å²) in [5.41, 5.74) is 10.8. The van der Waals surface area contributed by atoms with Crippen molar-refractivity contribution in [2.75, 3.05) is 16.9 Å². The maximum absolute atomic E-state index is 11.3. The van der Waals surface area contributed by atoms with Crippen LogP contribution >= 0.6 is 11.8 Å². The van der Waals surface area contributed by atoms with Gasteiger partial charge in [0.05, 0.1) is 7.11 Å². The van der Waals surface area contributed by atoms with Gasteiger partial charge in [-0.05, 0) is 144 Å². The van der Waals surface area contributed by atoms with Crippen LogP contribution in [0.15, 0.2) is 216 Å². The SMILES string of the molecule is COc1ccc(/C=C/c2ccc(N(c3ccccc3)c3ccc(Sc4ccc(N(c5ccccc5)c5ccc(/C=C/c6ccc(OC(C)=O)cc6)cc5)cc4)cc3)cc2)cc1. The van der Waals surface area contributed by atoms with Crippen LogP contribution in [0.2, 0.25) is 0 Å². The van der Waals surface area contributed by atoms with Crippen molar-refractivity contribution in [2.45, 2.75) is 16.7 Å². The Balaban J connectivity index is 0.963. The van der Waals surface area contributed by atoms with Crippen LogP contribution in [-0.4, -0.2) is 13.1 Å². The highest BCUT2D eigenvalue weighted by molar-refractivity contribution is 7.99. The Morgan fingerprint density at radius 3 is 1.02 bits per heavy atom. The average molecular weight is 813 g/mol. The molecule has 5 nitrogen and oxygen atoms in total. The fraction of sp³-hybridized carbons (Fsp3) is 0.0364. The van der Waals surface area contributed by atoms with Gasteiger partial charge in [0.25, 0.3) is 0 Å². The van der Waals surface area contributed by atoms with Gasteiger partial charge in [-0.3, -0.25) is 4.79 Å². The number of methoxy groups -OCH3 is 1. The zero-order valence-corrected chi connectivity index (χ0v) is 34.8. The van der Waals surface area contributed by atoms with Crippen molar-refractivity contribution in [2.24, 2.45) is 0 Å². The van der Waals surface area contributed by atoms with E-state index in [9.17, 15) is 4.79 Å². The van der Waals surface area contributed by atoms with E-state index in [1.165, 1.54) is 6.92 Å². The summed E-state index contributed by atoms with van der Waals surface area (Å²) in [5, 5.41) is 0. The molecule has 0 amide bonds. The van der Waals surface area contributed by atoms with Crippen LogP contribution in [-0.2, 0) is 4.79 Å². The van der Waals surface area contributed by atoms with E-state index in [1.807, 2.05) is 42.5 Å². The third-order valence-electron chi connectivity index (χ3n) is 9.95. The highest BCUT2D eigenvalue weighted by atomic mass is 32.2. The minimum atomic E-state index is -0.328. The maximum atomic E-state index is 11.3. The smallest absolute Gasteiger partial charge is 0.308 e. The number of para-hydroxylation sites is 2. The van der Waals surface area contributed by atoms with Gasteiger partial charge in [-0.2, -0.15) is 0 Å². The second kappa shape index (κ2) is 19.5. The molecule has 8 rings (SSSR count).